The molecule has 2 atom stereocenters. The second-order valence-electron chi connectivity index (χ2n) is 12.2. The molecule has 2 saturated heterocycles. The Morgan fingerprint density at radius 3 is 2.27 bits per heavy atom. The highest BCUT2D eigenvalue weighted by molar-refractivity contribution is 6.61. The predicted molar refractivity (Wildman–Crippen MR) is 141 cm³/mol. The summed E-state index contributed by atoms with van der Waals surface area (Å²) in [4.78, 5) is 36.4. The normalized spacial score (nSPS) is 22.1. The number of hydrogen-bond donors (Lipinski definition) is 1. The van der Waals surface area contributed by atoms with Crippen molar-refractivity contribution < 1.29 is 28.4 Å². The highest BCUT2D eigenvalue weighted by Gasteiger charge is 2.52. The third-order valence-corrected chi connectivity index (χ3v) is 7.09. The molecule has 0 saturated carbocycles. The number of carbonyl (C=O) groups excluding carboxylic acids is 2. The molecule has 10 nitrogen and oxygen atoms in total. The first-order valence-corrected chi connectivity index (χ1v) is 13.2. The van der Waals surface area contributed by atoms with Gasteiger partial charge in [-0.05, 0) is 73.6 Å². The molecule has 2 fully saturated rings. The molecule has 2 unspecified atom stereocenters. The molecule has 37 heavy (non-hydrogen) atoms. The Labute approximate surface area is 221 Å². The van der Waals surface area contributed by atoms with Crippen LogP contribution in [-0.2, 0) is 18.8 Å². The van der Waals surface area contributed by atoms with Gasteiger partial charge in [-0.2, -0.15) is 0 Å². The lowest BCUT2D eigenvalue weighted by Crippen LogP contribution is -2.56. The van der Waals surface area contributed by atoms with Crippen LogP contribution in [0.2, 0.25) is 0 Å². The van der Waals surface area contributed by atoms with Crippen molar-refractivity contribution >= 4 is 24.6 Å². The van der Waals surface area contributed by atoms with E-state index in [1.807, 2.05) is 46.4 Å². The molecule has 1 aromatic heterocycles. The number of nitrogens with zero attached hydrogens (tertiary/aromatic N) is 3. The maximum atomic E-state index is 13.5. The third kappa shape index (κ3) is 7.34. The van der Waals surface area contributed by atoms with Crippen molar-refractivity contribution in [2.24, 2.45) is 5.92 Å². The second-order valence-corrected chi connectivity index (χ2v) is 12.2. The van der Waals surface area contributed by atoms with Crippen LogP contribution in [0.4, 0.5) is 4.79 Å². The molecule has 3 heterocycles. The van der Waals surface area contributed by atoms with E-state index in [0.717, 1.165) is 19.3 Å². The molecule has 0 bridgehead atoms. The fourth-order valence-corrected chi connectivity index (χ4v) is 4.26. The largest absolute Gasteiger partial charge is 0.498 e. The van der Waals surface area contributed by atoms with Crippen LogP contribution in [0.3, 0.4) is 0 Å². The first kappa shape index (κ1) is 29.2. The summed E-state index contributed by atoms with van der Waals surface area (Å²) in [6, 6.07) is -0.606. The maximum absolute atomic E-state index is 13.5. The molecule has 2 aliphatic rings. The van der Waals surface area contributed by atoms with Crippen molar-refractivity contribution in [2.45, 2.75) is 110 Å². The number of hydrogen-bond acceptors (Lipinski definition) is 8. The number of amides is 2. The number of alkyl carbamates (subject to hydrolysis) is 1. The van der Waals surface area contributed by atoms with E-state index in [-0.39, 0.29) is 30.5 Å². The van der Waals surface area contributed by atoms with E-state index in [1.165, 1.54) is 0 Å². The van der Waals surface area contributed by atoms with Crippen LogP contribution in [0.1, 0.15) is 81.6 Å². The summed E-state index contributed by atoms with van der Waals surface area (Å²) >= 11 is 0. The van der Waals surface area contributed by atoms with E-state index < -0.39 is 36.1 Å². The van der Waals surface area contributed by atoms with Crippen molar-refractivity contribution in [3.8, 4) is 6.01 Å². The quantitative estimate of drug-likeness (QED) is 0.549. The second kappa shape index (κ2) is 11.1. The fourth-order valence-electron chi connectivity index (χ4n) is 4.26. The van der Waals surface area contributed by atoms with Crippen molar-refractivity contribution in [3.05, 3.63) is 12.4 Å². The van der Waals surface area contributed by atoms with Crippen LogP contribution in [0.5, 0.6) is 6.01 Å². The molecule has 3 rings (SSSR count). The first-order valence-electron chi connectivity index (χ1n) is 13.2. The molecule has 1 N–H and O–H groups in total. The fraction of sp³-hybridized carbons (Fsp3) is 0.769. The molecular weight excluding hydrogens is 475 g/mol. The topological polar surface area (TPSA) is 112 Å². The van der Waals surface area contributed by atoms with Gasteiger partial charge in [0.1, 0.15) is 18.2 Å². The Balaban J connectivity index is 1.62. The minimum atomic E-state index is -0.689. The van der Waals surface area contributed by atoms with Crippen LogP contribution in [0.25, 0.3) is 0 Å². The Kier molecular flexibility index (Phi) is 8.79. The number of nitrogens with one attached hydrogen (secondary N) is 1. The van der Waals surface area contributed by atoms with Gasteiger partial charge in [-0.1, -0.05) is 13.8 Å². The molecule has 2 amide bonds. The summed E-state index contributed by atoms with van der Waals surface area (Å²) in [5, 5.41) is 2.77. The summed E-state index contributed by atoms with van der Waals surface area (Å²) in [6.45, 7) is 18.0. The Hall–Kier alpha value is -2.40. The van der Waals surface area contributed by atoms with Crippen molar-refractivity contribution in [1.29, 1.82) is 0 Å². The molecule has 1 aromatic rings. The van der Waals surface area contributed by atoms with E-state index in [2.05, 4.69) is 15.3 Å². The van der Waals surface area contributed by atoms with Crippen LogP contribution in [-0.4, -0.2) is 76.0 Å². The highest BCUT2D eigenvalue weighted by atomic mass is 16.7. The van der Waals surface area contributed by atoms with Gasteiger partial charge in [-0.25, -0.2) is 14.8 Å². The van der Waals surface area contributed by atoms with Gasteiger partial charge in [-0.15, -0.1) is 0 Å². The molecule has 0 aromatic carbocycles. The van der Waals surface area contributed by atoms with E-state index >= 15 is 0 Å². The van der Waals surface area contributed by atoms with Crippen molar-refractivity contribution in [3.63, 3.8) is 0 Å². The summed E-state index contributed by atoms with van der Waals surface area (Å²) in [7, 11) is -0.545. The highest BCUT2D eigenvalue weighted by Crippen LogP contribution is 2.36. The van der Waals surface area contributed by atoms with Crippen LogP contribution in [0, 0.1) is 5.92 Å². The van der Waals surface area contributed by atoms with Crippen LogP contribution >= 0.6 is 0 Å². The SMILES string of the molecule is CC(C)C(NC(=O)OC(C)(C)C)C(=O)N1CCCCC1COc1ncc(B2OC(C)(C)C(C)(C)O2)cn1. The summed E-state index contributed by atoms with van der Waals surface area (Å²) in [5.41, 5.74) is -0.825. The van der Waals surface area contributed by atoms with Gasteiger partial charge in [0, 0.05) is 24.4 Å². The Morgan fingerprint density at radius 1 is 1.14 bits per heavy atom. The minimum absolute atomic E-state index is 0.102. The molecule has 2 aliphatic heterocycles. The standard InChI is InChI=1S/C26H43BN4O6/c1-17(2)20(30-23(33)35-24(3,4)5)21(32)31-13-11-10-12-19(31)16-34-22-28-14-18(15-29-22)27-36-25(6,7)26(8,9)37-27/h14-15,17,19-20H,10-13,16H2,1-9H3,(H,30,33). The minimum Gasteiger partial charge on any atom is -0.461 e. The Morgan fingerprint density at radius 2 is 1.73 bits per heavy atom. The number of rotatable bonds is 7. The van der Waals surface area contributed by atoms with Crippen LogP contribution < -0.4 is 15.5 Å². The van der Waals surface area contributed by atoms with Gasteiger partial charge in [0.05, 0.1) is 17.2 Å². The number of likely N-dealkylation sites (tertiary alicyclic amines) is 1. The van der Waals surface area contributed by atoms with Gasteiger partial charge < -0.3 is 29.0 Å². The van der Waals surface area contributed by atoms with Crippen molar-refractivity contribution in [1.82, 2.24) is 20.2 Å². The molecule has 0 aliphatic carbocycles. The zero-order valence-electron chi connectivity index (χ0n) is 23.8. The predicted octanol–water partition coefficient (Wildman–Crippen LogP) is 3.09. The lowest BCUT2D eigenvalue weighted by molar-refractivity contribution is -0.139. The average Bonchev–Trinajstić information content (AvgIpc) is 3.01. The van der Waals surface area contributed by atoms with Gasteiger partial charge in [0.15, 0.2) is 0 Å². The van der Waals surface area contributed by atoms with Crippen molar-refractivity contribution in [2.75, 3.05) is 13.2 Å². The molecule has 0 spiro atoms. The van der Waals surface area contributed by atoms with E-state index in [9.17, 15) is 9.59 Å². The number of carbonyl (C=O) groups is 2. The Bertz CT molecular complexity index is 931. The zero-order valence-corrected chi connectivity index (χ0v) is 23.8. The smallest absolute Gasteiger partial charge is 0.461 e. The van der Waals surface area contributed by atoms with Gasteiger partial charge in [0.2, 0.25) is 5.91 Å². The number of piperidine rings is 1. The zero-order chi connectivity index (χ0) is 27.6. The van der Waals surface area contributed by atoms with Gasteiger partial charge >= 0.3 is 19.2 Å². The molecule has 11 heteroatoms. The number of aromatic nitrogens is 2. The van der Waals surface area contributed by atoms with E-state index in [0.29, 0.717) is 12.0 Å². The van der Waals surface area contributed by atoms with Crippen LogP contribution in [0.15, 0.2) is 12.4 Å². The number of ether oxygens (including phenoxy) is 2. The van der Waals surface area contributed by atoms with Gasteiger partial charge in [0.25, 0.3) is 0 Å². The first-order chi connectivity index (χ1) is 17.1. The maximum Gasteiger partial charge on any atom is 0.498 e. The molecule has 0 radical (unpaired) electrons. The molecular formula is C26H43BN4O6. The summed E-state index contributed by atoms with van der Waals surface area (Å²) < 4.78 is 23.4. The van der Waals surface area contributed by atoms with E-state index in [4.69, 9.17) is 18.8 Å². The summed E-state index contributed by atoms with van der Waals surface area (Å²) in [5.74, 6) is -0.236. The summed E-state index contributed by atoms with van der Waals surface area (Å²) in [6.07, 6.45) is 5.39. The van der Waals surface area contributed by atoms with Gasteiger partial charge in [-0.3, -0.25) is 4.79 Å². The molecule has 206 valence electrons. The monoisotopic (exact) mass is 518 g/mol. The van der Waals surface area contributed by atoms with E-state index in [1.54, 1.807) is 33.2 Å². The third-order valence-electron chi connectivity index (χ3n) is 7.09. The lowest BCUT2D eigenvalue weighted by Gasteiger charge is -2.38. The average molecular weight is 518 g/mol. The lowest BCUT2D eigenvalue weighted by atomic mass is 9.81.